The Morgan fingerprint density at radius 1 is 1.15 bits per heavy atom. The van der Waals surface area contributed by atoms with Crippen LogP contribution < -0.4 is 5.32 Å². The highest BCUT2D eigenvalue weighted by Crippen LogP contribution is 2.26. The zero-order chi connectivity index (χ0) is 13.9. The quantitative estimate of drug-likeness (QED) is 0.765. The minimum atomic E-state index is 0.394. The average Bonchev–Trinajstić information content (AvgIpc) is 2.47. The van der Waals surface area contributed by atoms with Crippen LogP contribution in [0.4, 0.5) is 11.4 Å². The van der Waals surface area contributed by atoms with Crippen molar-refractivity contribution in [1.29, 1.82) is 5.26 Å². The Kier molecular flexibility index (Phi) is 3.02. The molecule has 3 rings (SSSR count). The Hall–Kier alpha value is -2.93. The van der Waals surface area contributed by atoms with Gasteiger partial charge in [-0.3, -0.25) is 4.98 Å². The summed E-state index contributed by atoms with van der Waals surface area (Å²) >= 11 is 0. The number of nitrogens with zero attached hydrogens (tertiary/aromatic N) is 3. The normalized spacial score (nSPS) is 10.2. The zero-order valence-corrected chi connectivity index (χ0v) is 11.0. The molecule has 2 aromatic heterocycles. The third-order valence-electron chi connectivity index (χ3n) is 3.00. The standard InChI is InChI=1S/C16H12N4/c1-11-8-16(14-4-2-3-5-15(14)19-11)20-12-6-7-18-13(9-12)10-17/h2-9H,1H3,(H,18,19,20). The molecule has 0 aliphatic rings. The summed E-state index contributed by atoms with van der Waals surface area (Å²) in [6.07, 6.45) is 1.62. The van der Waals surface area contributed by atoms with Crippen molar-refractivity contribution < 1.29 is 0 Å². The molecule has 0 unspecified atom stereocenters. The number of nitrogens with one attached hydrogen (secondary N) is 1. The van der Waals surface area contributed by atoms with E-state index < -0.39 is 0 Å². The van der Waals surface area contributed by atoms with Crippen LogP contribution in [0.2, 0.25) is 0 Å². The van der Waals surface area contributed by atoms with E-state index in [1.165, 1.54) is 0 Å². The Morgan fingerprint density at radius 2 is 2.00 bits per heavy atom. The second kappa shape index (κ2) is 4.98. The van der Waals surface area contributed by atoms with Crippen LogP contribution in [0.5, 0.6) is 0 Å². The summed E-state index contributed by atoms with van der Waals surface area (Å²) in [5.41, 5.74) is 4.10. The highest BCUT2D eigenvalue weighted by atomic mass is 14.9. The molecular formula is C16H12N4. The number of aryl methyl sites for hydroxylation is 1. The topological polar surface area (TPSA) is 61.6 Å². The van der Waals surface area contributed by atoms with E-state index in [0.29, 0.717) is 5.69 Å². The molecule has 1 aromatic carbocycles. The molecule has 96 valence electrons. The number of anilines is 2. The first-order valence-corrected chi connectivity index (χ1v) is 6.26. The maximum absolute atomic E-state index is 8.89. The van der Waals surface area contributed by atoms with Crippen molar-refractivity contribution in [2.75, 3.05) is 5.32 Å². The first kappa shape index (κ1) is 12.1. The van der Waals surface area contributed by atoms with Crippen LogP contribution in [0.3, 0.4) is 0 Å². The molecule has 0 aliphatic heterocycles. The molecule has 1 N–H and O–H groups in total. The van der Waals surface area contributed by atoms with Gasteiger partial charge in [-0.05, 0) is 31.2 Å². The van der Waals surface area contributed by atoms with Gasteiger partial charge in [0.1, 0.15) is 11.8 Å². The van der Waals surface area contributed by atoms with Crippen LogP contribution in [0.25, 0.3) is 10.9 Å². The van der Waals surface area contributed by atoms with Crippen LogP contribution in [0.1, 0.15) is 11.4 Å². The molecule has 0 saturated carbocycles. The maximum Gasteiger partial charge on any atom is 0.142 e. The fraction of sp³-hybridized carbons (Fsp3) is 0.0625. The van der Waals surface area contributed by atoms with Crippen LogP contribution in [-0.2, 0) is 0 Å². The molecule has 20 heavy (non-hydrogen) atoms. The fourth-order valence-corrected chi connectivity index (χ4v) is 2.14. The lowest BCUT2D eigenvalue weighted by atomic mass is 10.1. The van der Waals surface area contributed by atoms with Crippen molar-refractivity contribution in [3.63, 3.8) is 0 Å². The largest absolute Gasteiger partial charge is 0.355 e. The van der Waals surface area contributed by atoms with Gasteiger partial charge in [-0.25, -0.2) is 4.98 Å². The molecule has 0 radical (unpaired) electrons. The van der Waals surface area contributed by atoms with Crippen molar-refractivity contribution in [2.45, 2.75) is 6.92 Å². The van der Waals surface area contributed by atoms with Gasteiger partial charge in [-0.2, -0.15) is 5.26 Å². The van der Waals surface area contributed by atoms with E-state index in [9.17, 15) is 0 Å². The van der Waals surface area contributed by atoms with Gasteiger partial charge >= 0.3 is 0 Å². The molecular weight excluding hydrogens is 248 g/mol. The summed E-state index contributed by atoms with van der Waals surface area (Å²) in [5.74, 6) is 0. The lowest BCUT2D eigenvalue weighted by Gasteiger charge is -2.10. The molecule has 3 aromatic rings. The molecule has 0 amide bonds. The third-order valence-corrected chi connectivity index (χ3v) is 3.00. The number of hydrogen-bond acceptors (Lipinski definition) is 4. The summed E-state index contributed by atoms with van der Waals surface area (Å²) in [6.45, 7) is 1.96. The van der Waals surface area contributed by atoms with Crippen molar-refractivity contribution in [2.24, 2.45) is 0 Å². The van der Waals surface area contributed by atoms with E-state index in [4.69, 9.17) is 5.26 Å². The maximum atomic E-state index is 8.89. The predicted octanol–water partition coefficient (Wildman–Crippen LogP) is 3.55. The van der Waals surface area contributed by atoms with Gasteiger partial charge in [-0.15, -0.1) is 0 Å². The smallest absolute Gasteiger partial charge is 0.142 e. The number of pyridine rings is 2. The first-order valence-electron chi connectivity index (χ1n) is 6.26. The highest BCUT2D eigenvalue weighted by Gasteiger charge is 2.04. The minimum Gasteiger partial charge on any atom is -0.355 e. The van der Waals surface area contributed by atoms with Crippen LogP contribution in [0, 0.1) is 18.3 Å². The molecule has 2 heterocycles. The molecule has 0 aliphatic carbocycles. The van der Waals surface area contributed by atoms with Crippen LogP contribution >= 0.6 is 0 Å². The van der Waals surface area contributed by atoms with Gasteiger partial charge in [0.05, 0.1) is 5.52 Å². The summed E-state index contributed by atoms with van der Waals surface area (Å²) in [4.78, 5) is 8.47. The Morgan fingerprint density at radius 3 is 2.85 bits per heavy atom. The van der Waals surface area contributed by atoms with Crippen LogP contribution in [0.15, 0.2) is 48.7 Å². The van der Waals surface area contributed by atoms with Gasteiger partial charge < -0.3 is 5.32 Å². The Bertz CT molecular complexity index is 818. The molecule has 0 bridgehead atoms. The molecule has 0 atom stereocenters. The van der Waals surface area contributed by atoms with Crippen molar-refractivity contribution >= 4 is 22.3 Å². The van der Waals surface area contributed by atoms with Gasteiger partial charge in [0.25, 0.3) is 0 Å². The number of benzene rings is 1. The van der Waals surface area contributed by atoms with Crippen molar-refractivity contribution in [3.8, 4) is 6.07 Å². The van der Waals surface area contributed by atoms with Gasteiger partial charge in [0.2, 0.25) is 0 Å². The number of hydrogen-bond donors (Lipinski definition) is 1. The molecule has 0 spiro atoms. The Balaban J connectivity index is 2.08. The number of aromatic nitrogens is 2. The number of para-hydroxylation sites is 1. The zero-order valence-electron chi connectivity index (χ0n) is 11.0. The van der Waals surface area contributed by atoms with Crippen molar-refractivity contribution in [1.82, 2.24) is 9.97 Å². The fourth-order valence-electron chi connectivity index (χ4n) is 2.14. The van der Waals surface area contributed by atoms with E-state index in [1.807, 2.05) is 49.4 Å². The van der Waals surface area contributed by atoms with Gasteiger partial charge in [0, 0.05) is 28.7 Å². The molecule has 0 saturated heterocycles. The average molecular weight is 260 g/mol. The number of fused-ring (bicyclic) bond motifs is 1. The number of nitriles is 1. The second-order valence-corrected chi connectivity index (χ2v) is 4.49. The summed E-state index contributed by atoms with van der Waals surface area (Å²) in [6, 6.07) is 15.6. The molecule has 4 heteroatoms. The first-order chi connectivity index (χ1) is 9.76. The van der Waals surface area contributed by atoms with E-state index in [-0.39, 0.29) is 0 Å². The summed E-state index contributed by atoms with van der Waals surface area (Å²) in [5, 5.41) is 13.3. The van der Waals surface area contributed by atoms with E-state index in [1.54, 1.807) is 12.3 Å². The van der Waals surface area contributed by atoms with E-state index in [2.05, 4.69) is 15.3 Å². The highest BCUT2D eigenvalue weighted by molar-refractivity contribution is 5.93. The SMILES string of the molecule is Cc1cc(Nc2ccnc(C#N)c2)c2ccccc2n1. The summed E-state index contributed by atoms with van der Waals surface area (Å²) < 4.78 is 0. The Labute approximate surface area is 116 Å². The lowest BCUT2D eigenvalue weighted by molar-refractivity contribution is 1.25. The lowest BCUT2D eigenvalue weighted by Crippen LogP contribution is -1.95. The number of rotatable bonds is 2. The van der Waals surface area contributed by atoms with Crippen LogP contribution in [-0.4, -0.2) is 9.97 Å². The minimum absolute atomic E-state index is 0.394. The van der Waals surface area contributed by atoms with Gasteiger partial charge in [-0.1, -0.05) is 18.2 Å². The third kappa shape index (κ3) is 2.29. The van der Waals surface area contributed by atoms with E-state index in [0.717, 1.165) is 28.0 Å². The second-order valence-electron chi connectivity index (χ2n) is 4.49. The predicted molar refractivity (Wildman–Crippen MR) is 78.7 cm³/mol. The monoisotopic (exact) mass is 260 g/mol. The van der Waals surface area contributed by atoms with Crippen molar-refractivity contribution in [3.05, 3.63) is 60.0 Å². The molecule has 0 fully saturated rings. The van der Waals surface area contributed by atoms with Gasteiger partial charge in [0.15, 0.2) is 0 Å². The molecule has 4 nitrogen and oxygen atoms in total. The van der Waals surface area contributed by atoms with E-state index >= 15 is 0 Å². The summed E-state index contributed by atoms with van der Waals surface area (Å²) in [7, 11) is 0.